The summed E-state index contributed by atoms with van der Waals surface area (Å²) in [4.78, 5) is 9.17. The van der Waals surface area contributed by atoms with Gasteiger partial charge in [-0.15, -0.1) is 0 Å². The van der Waals surface area contributed by atoms with Crippen LogP contribution < -0.4 is 0 Å². The lowest BCUT2D eigenvalue weighted by Gasteiger charge is -1.96. The molecule has 0 unspecified atom stereocenters. The Hall–Kier alpha value is -0.320. The number of carboxylic acid groups (broad SMARTS) is 1. The van der Waals surface area contributed by atoms with Gasteiger partial charge in [0.25, 0.3) is 0 Å². The van der Waals surface area contributed by atoms with E-state index >= 15 is 0 Å². The second-order valence-corrected chi connectivity index (χ2v) is 1.33. The van der Waals surface area contributed by atoms with Gasteiger partial charge in [-0.1, -0.05) is 0 Å². The lowest BCUT2D eigenvalue weighted by atomic mass is 10.7. The molecule has 0 bridgehead atoms. The Bertz CT molecular complexity index is 86.2. The van der Waals surface area contributed by atoms with Crippen LogP contribution in [0.25, 0.3) is 0 Å². The summed E-state index contributed by atoms with van der Waals surface area (Å²) in [6.45, 7) is 0. The van der Waals surface area contributed by atoms with Gasteiger partial charge in [0.2, 0.25) is 0 Å². The highest BCUT2D eigenvalue weighted by atomic mass is 32.1. The third-order valence-corrected chi connectivity index (χ3v) is 0.424. The zero-order valence-corrected chi connectivity index (χ0v) is 3.84. The highest BCUT2D eigenvalue weighted by Gasteiger charge is 2.34. The first-order chi connectivity index (χ1) is 2.94. The van der Waals surface area contributed by atoms with Crippen LogP contribution in [0.3, 0.4) is 0 Å². The van der Waals surface area contributed by atoms with Gasteiger partial charge in [0.15, 0.2) is 0 Å². The van der Waals surface area contributed by atoms with Crippen LogP contribution >= 0.6 is 12.6 Å². The summed E-state index contributed by atoms with van der Waals surface area (Å²) in [5, 5.41) is 3.40. The maximum absolute atomic E-state index is 11.1. The fraction of sp³-hybridized carbons (Fsp3) is 0.500. The van der Waals surface area contributed by atoms with Crippen LogP contribution in [-0.4, -0.2) is 16.3 Å². The van der Waals surface area contributed by atoms with Gasteiger partial charge in [-0.25, -0.2) is 4.79 Å². The molecule has 0 aliphatic carbocycles. The molecule has 1 N–H and O–H groups in total. The van der Waals surface area contributed by atoms with Crippen LogP contribution in [0, 0.1) is 0 Å². The zero-order chi connectivity index (χ0) is 6.08. The molecule has 0 heterocycles. The Morgan fingerprint density at radius 3 is 1.86 bits per heavy atom. The van der Waals surface area contributed by atoms with Crippen LogP contribution in [0.4, 0.5) is 8.78 Å². The van der Waals surface area contributed by atoms with E-state index in [1.165, 1.54) is 0 Å². The normalized spacial score (nSPS) is 11.3. The van der Waals surface area contributed by atoms with Crippen LogP contribution in [0.2, 0.25) is 0 Å². The topological polar surface area (TPSA) is 37.3 Å². The molecule has 2 nitrogen and oxygen atoms in total. The first kappa shape index (κ1) is 6.68. The number of alkyl halides is 2. The van der Waals surface area contributed by atoms with Gasteiger partial charge in [0, 0.05) is 0 Å². The summed E-state index contributed by atoms with van der Waals surface area (Å²) >= 11 is 3.18. The summed E-state index contributed by atoms with van der Waals surface area (Å²) < 4.78 is 22.1. The molecule has 0 aliphatic rings. The van der Waals surface area contributed by atoms with E-state index in [9.17, 15) is 8.78 Å². The SMILES string of the molecule is O=C(O)C(F)(F)[S]. The molecule has 0 aromatic heterocycles. The number of hydrogen-bond donors (Lipinski definition) is 1. The molecule has 0 amide bonds. The van der Waals surface area contributed by atoms with Crippen molar-refractivity contribution in [2.45, 2.75) is 5.25 Å². The van der Waals surface area contributed by atoms with Crippen LogP contribution in [0.5, 0.6) is 0 Å². The minimum absolute atomic E-state index is 2.28. The molecule has 0 saturated heterocycles. The maximum Gasteiger partial charge on any atom is 0.398 e. The molecule has 0 saturated carbocycles. The van der Waals surface area contributed by atoms with Crippen molar-refractivity contribution < 1.29 is 18.7 Å². The van der Waals surface area contributed by atoms with E-state index in [1.807, 2.05) is 0 Å². The Morgan fingerprint density at radius 1 is 1.71 bits per heavy atom. The van der Waals surface area contributed by atoms with Gasteiger partial charge in [-0.2, -0.15) is 8.78 Å². The summed E-state index contributed by atoms with van der Waals surface area (Å²) in [5.41, 5.74) is 0. The first-order valence-corrected chi connectivity index (χ1v) is 1.67. The zero-order valence-electron chi connectivity index (χ0n) is 3.02. The van der Waals surface area contributed by atoms with Crippen molar-refractivity contribution >= 4 is 18.6 Å². The average Bonchev–Trinajstić information content (AvgIpc) is 1.31. The minimum atomic E-state index is -4.00. The molecule has 0 fully saturated rings. The van der Waals surface area contributed by atoms with Gasteiger partial charge in [0.1, 0.15) is 0 Å². The maximum atomic E-state index is 11.1. The second-order valence-electron chi connectivity index (χ2n) is 0.822. The lowest BCUT2D eigenvalue weighted by molar-refractivity contribution is -0.152. The van der Waals surface area contributed by atoms with Gasteiger partial charge in [-0.3, -0.25) is 0 Å². The van der Waals surface area contributed by atoms with E-state index in [2.05, 4.69) is 12.6 Å². The summed E-state index contributed by atoms with van der Waals surface area (Å²) in [5.74, 6) is -2.28. The number of rotatable bonds is 1. The molecular weight excluding hydrogens is 126 g/mol. The molecule has 0 atom stereocenters. The number of carbonyl (C=O) groups is 1. The van der Waals surface area contributed by atoms with E-state index in [4.69, 9.17) is 9.90 Å². The smallest absolute Gasteiger partial charge is 0.398 e. The van der Waals surface area contributed by atoms with Crippen LogP contribution in [-0.2, 0) is 4.79 Å². The molecule has 0 spiro atoms. The molecule has 0 rings (SSSR count). The third kappa shape index (κ3) is 2.38. The van der Waals surface area contributed by atoms with Crippen molar-refractivity contribution in [2.75, 3.05) is 0 Å². The standard InChI is InChI=1S/C2HF2O2S/c3-2(4,7)1(5)6/h(H,5,6). The Balaban J connectivity index is 3.79. The van der Waals surface area contributed by atoms with Gasteiger partial charge < -0.3 is 5.11 Å². The number of carboxylic acids is 1. The predicted molar refractivity (Wildman–Crippen MR) is 20.2 cm³/mol. The van der Waals surface area contributed by atoms with E-state index in [0.717, 1.165) is 0 Å². The molecular formula is C2HF2O2S. The molecule has 0 aromatic rings. The summed E-state index contributed by atoms with van der Waals surface area (Å²) in [6, 6.07) is 0. The van der Waals surface area contributed by atoms with Crippen molar-refractivity contribution in [1.29, 1.82) is 0 Å². The number of halogens is 2. The highest BCUT2D eigenvalue weighted by molar-refractivity contribution is 7.82. The van der Waals surface area contributed by atoms with Crippen molar-refractivity contribution in [3.8, 4) is 0 Å². The fourth-order valence-corrected chi connectivity index (χ4v) is 0. The van der Waals surface area contributed by atoms with Gasteiger partial charge >= 0.3 is 11.2 Å². The molecule has 1 radical (unpaired) electrons. The second kappa shape index (κ2) is 1.65. The average molecular weight is 127 g/mol. The predicted octanol–water partition coefficient (Wildman–Crippen LogP) is 0.861. The van der Waals surface area contributed by atoms with Crippen molar-refractivity contribution in [2.24, 2.45) is 0 Å². The summed E-state index contributed by atoms with van der Waals surface area (Å²) in [7, 11) is 0. The molecule has 7 heavy (non-hydrogen) atoms. The monoisotopic (exact) mass is 127 g/mol. The molecule has 0 aromatic carbocycles. The van der Waals surface area contributed by atoms with Gasteiger partial charge in [-0.05, 0) is 12.6 Å². The van der Waals surface area contributed by atoms with Crippen molar-refractivity contribution in [1.82, 2.24) is 0 Å². The number of aliphatic carboxylic acids is 1. The minimum Gasteiger partial charge on any atom is -0.476 e. The quantitative estimate of drug-likeness (QED) is 0.567. The van der Waals surface area contributed by atoms with Crippen LogP contribution in [0.15, 0.2) is 0 Å². The van der Waals surface area contributed by atoms with E-state index in [1.54, 1.807) is 0 Å². The fourth-order valence-electron chi connectivity index (χ4n) is 0. The van der Waals surface area contributed by atoms with Crippen LogP contribution in [0.1, 0.15) is 0 Å². The largest absolute Gasteiger partial charge is 0.476 e. The summed E-state index contributed by atoms with van der Waals surface area (Å²) in [6.07, 6.45) is 0. The molecule has 0 aliphatic heterocycles. The van der Waals surface area contributed by atoms with Gasteiger partial charge in [0.05, 0.1) is 0 Å². The highest BCUT2D eigenvalue weighted by Crippen LogP contribution is 2.16. The lowest BCUT2D eigenvalue weighted by Crippen LogP contribution is -2.19. The van der Waals surface area contributed by atoms with E-state index < -0.39 is 11.2 Å². The van der Waals surface area contributed by atoms with Crippen molar-refractivity contribution in [3.05, 3.63) is 0 Å². The van der Waals surface area contributed by atoms with E-state index in [0.29, 0.717) is 0 Å². The number of hydrogen-bond acceptors (Lipinski definition) is 1. The molecule has 5 heteroatoms. The Morgan fingerprint density at radius 2 is 1.86 bits per heavy atom. The first-order valence-electron chi connectivity index (χ1n) is 1.26. The van der Waals surface area contributed by atoms with E-state index in [-0.39, 0.29) is 0 Å². The molecule has 41 valence electrons. The Kier molecular flexibility index (Phi) is 1.58. The van der Waals surface area contributed by atoms with Crippen molar-refractivity contribution in [3.63, 3.8) is 0 Å². The Labute approximate surface area is 43.5 Å². The third-order valence-electron chi connectivity index (χ3n) is 0.249.